The molecule has 1 heterocycles. The fourth-order valence-electron chi connectivity index (χ4n) is 3.86. The van der Waals surface area contributed by atoms with E-state index < -0.39 is 51.5 Å². The molecule has 1 unspecified atom stereocenters. The average molecular weight is 477 g/mol. The maximum absolute atomic E-state index is 15.1. The number of nitrogens with zero attached hydrogens (tertiary/aromatic N) is 2. The third-order valence-electron chi connectivity index (χ3n) is 5.35. The van der Waals surface area contributed by atoms with E-state index in [1.807, 2.05) is 0 Å². The van der Waals surface area contributed by atoms with Gasteiger partial charge in [0.15, 0.2) is 5.82 Å². The van der Waals surface area contributed by atoms with Crippen molar-refractivity contribution in [2.24, 2.45) is 0 Å². The summed E-state index contributed by atoms with van der Waals surface area (Å²) in [4.78, 5) is 23.9. The Kier molecular flexibility index (Phi) is 7.27. The van der Waals surface area contributed by atoms with Gasteiger partial charge >= 0.3 is 10.2 Å². The number of carbonyl (C=O) groups is 2. The Balaban J connectivity index is 0.00000363. The summed E-state index contributed by atoms with van der Waals surface area (Å²) in [6.45, 7) is 4.85. The predicted octanol–water partition coefficient (Wildman–Crippen LogP) is 0.406. The molecule has 0 bridgehead atoms. The molecule has 2 amide bonds. The van der Waals surface area contributed by atoms with E-state index in [9.17, 15) is 28.2 Å². The number of halogens is 1. The molecule has 1 saturated heterocycles. The highest BCUT2D eigenvalue weighted by atomic mass is 32.2. The Morgan fingerprint density at radius 1 is 1.44 bits per heavy atom. The van der Waals surface area contributed by atoms with Crippen LogP contribution in [0.3, 0.4) is 0 Å². The van der Waals surface area contributed by atoms with Crippen LogP contribution < -0.4 is 20.3 Å². The minimum absolute atomic E-state index is 0. The molecule has 2 aliphatic rings. The van der Waals surface area contributed by atoms with Crippen molar-refractivity contribution in [1.82, 2.24) is 15.8 Å². The molecule has 0 saturated carbocycles. The van der Waals surface area contributed by atoms with Gasteiger partial charge in [-0.1, -0.05) is 0 Å². The number of phenols is 1. The van der Waals surface area contributed by atoms with Gasteiger partial charge in [0.1, 0.15) is 24.1 Å². The van der Waals surface area contributed by atoms with Crippen LogP contribution in [0.25, 0.3) is 0 Å². The third-order valence-corrected chi connectivity index (χ3v) is 6.72. The molecule has 1 fully saturated rings. The van der Waals surface area contributed by atoms with Gasteiger partial charge in [-0.25, -0.2) is 13.4 Å². The first-order valence-corrected chi connectivity index (χ1v) is 11.2. The minimum Gasteiger partial charge on any atom is -0.530 e. The summed E-state index contributed by atoms with van der Waals surface area (Å²) in [5.41, 5.74) is -0.461. The van der Waals surface area contributed by atoms with Crippen molar-refractivity contribution in [2.75, 3.05) is 24.0 Å². The maximum Gasteiger partial charge on any atom is 0.326 e. The smallest absolute Gasteiger partial charge is 0.326 e. The highest BCUT2D eigenvalue weighted by molar-refractivity contribution is 7.92. The molecule has 1 aliphatic heterocycles. The Labute approximate surface area is 185 Å². The van der Waals surface area contributed by atoms with E-state index in [0.717, 1.165) is 4.90 Å². The Bertz CT molecular complexity index is 1010. The number of quaternary nitrogens is 1. The van der Waals surface area contributed by atoms with Crippen molar-refractivity contribution in [3.63, 3.8) is 0 Å². The van der Waals surface area contributed by atoms with E-state index in [0.29, 0.717) is 16.3 Å². The monoisotopic (exact) mass is 476 g/mol. The lowest BCUT2D eigenvalue weighted by molar-refractivity contribution is -0.271. The largest absolute Gasteiger partial charge is 0.530 e. The molecule has 180 valence electrons. The molecule has 1 aromatic rings. The van der Waals surface area contributed by atoms with E-state index in [1.165, 1.54) is 6.07 Å². The summed E-state index contributed by atoms with van der Waals surface area (Å²) in [5.74, 6) is -2.29. The van der Waals surface area contributed by atoms with Gasteiger partial charge < -0.3 is 30.8 Å². The molecule has 13 heteroatoms. The second-order valence-electron chi connectivity index (χ2n) is 8.56. The van der Waals surface area contributed by atoms with Gasteiger partial charge in [-0.15, -0.1) is 0 Å². The summed E-state index contributed by atoms with van der Waals surface area (Å²) >= 11 is 0. The van der Waals surface area contributed by atoms with Crippen molar-refractivity contribution < 1.29 is 37.3 Å². The number of carboxylic acid groups (broad SMARTS) is 1. The lowest BCUT2D eigenvalue weighted by Gasteiger charge is -2.38. The number of anilines is 1. The number of amides is 2. The average Bonchev–Trinajstić information content (AvgIpc) is 2.89. The standard InChI is InChI=1S/C19H26FN3O7S.H3N/c1-19(2,3)22(18(26)27)6-7-30-12-4-5-13-11(8-12)9-14(24)17(16(13)20)23-10-15(25)21-31(23,28)29;/h9,12,24H,4-8,10H2,1-3H3,(H,21,25)(H,26,27);1H3. The van der Waals surface area contributed by atoms with Crippen molar-refractivity contribution in [2.45, 2.75) is 51.7 Å². The minimum atomic E-state index is -4.26. The van der Waals surface area contributed by atoms with Crippen molar-refractivity contribution in [1.29, 1.82) is 0 Å². The lowest BCUT2D eigenvalue weighted by atomic mass is 9.88. The molecule has 1 aromatic carbocycles. The van der Waals surface area contributed by atoms with E-state index in [-0.39, 0.29) is 43.8 Å². The zero-order chi connectivity index (χ0) is 23.1. The predicted molar refractivity (Wildman–Crippen MR) is 112 cm³/mol. The number of fused-ring (bicyclic) bond motifs is 1. The first kappa shape index (κ1) is 25.6. The van der Waals surface area contributed by atoms with Crippen LogP contribution in [-0.2, 0) is 32.6 Å². The van der Waals surface area contributed by atoms with Gasteiger partial charge in [0, 0.05) is 12.1 Å². The molecule has 11 nitrogen and oxygen atoms in total. The number of benzene rings is 1. The fraction of sp³-hybridized carbons (Fsp3) is 0.579. The van der Waals surface area contributed by atoms with Crippen LogP contribution in [-0.4, -0.2) is 61.8 Å². The maximum atomic E-state index is 15.1. The lowest BCUT2D eigenvalue weighted by Crippen LogP contribution is -2.53. The van der Waals surface area contributed by atoms with Crippen LogP contribution in [0.15, 0.2) is 6.07 Å². The molecule has 0 spiro atoms. The van der Waals surface area contributed by atoms with Crippen molar-refractivity contribution >= 4 is 27.9 Å². The highest BCUT2D eigenvalue weighted by Gasteiger charge is 2.39. The quantitative estimate of drug-likeness (QED) is 0.551. The number of hydrogen-bond acceptors (Lipinski definition) is 7. The number of nitrogens with one attached hydrogen (secondary N) is 1. The van der Waals surface area contributed by atoms with Crippen molar-refractivity contribution in [3.05, 3.63) is 23.0 Å². The number of ether oxygens (including phenoxy) is 1. The molecule has 6 N–H and O–H groups in total. The van der Waals surface area contributed by atoms with Crippen LogP contribution in [0.2, 0.25) is 0 Å². The van der Waals surface area contributed by atoms with Gasteiger partial charge in [-0.2, -0.15) is 8.42 Å². The first-order chi connectivity index (χ1) is 14.3. The molecular formula is C19H29FN4O7S. The van der Waals surface area contributed by atoms with E-state index in [1.54, 1.807) is 25.5 Å². The summed E-state index contributed by atoms with van der Waals surface area (Å²) in [5, 5.41) is 21.6. The Hall–Kier alpha value is -2.64. The molecule has 3 rings (SSSR count). The van der Waals surface area contributed by atoms with Gasteiger partial charge in [-0.3, -0.25) is 4.79 Å². The topological polar surface area (TPSA) is 176 Å². The first-order valence-electron chi connectivity index (χ1n) is 9.78. The third kappa shape index (κ3) is 5.05. The summed E-state index contributed by atoms with van der Waals surface area (Å²) in [6.07, 6.45) is -0.685. The Morgan fingerprint density at radius 2 is 2.09 bits per heavy atom. The molecule has 32 heavy (non-hydrogen) atoms. The van der Waals surface area contributed by atoms with Crippen LogP contribution in [0.5, 0.6) is 5.75 Å². The summed E-state index contributed by atoms with van der Waals surface area (Å²) in [6, 6.07) is 1.28. The number of hydrogen-bond donors (Lipinski definition) is 3. The normalized spacial score (nSPS) is 19.7. The number of rotatable bonds is 5. The molecular weight excluding hydrogens is 447 g/mol. The van der Waals surface area contributed by atoms with E-state index >= 15 is 4.39 Å². The summed E-state index contributed by atoms with van der Waals surface area (Å²) in [7, 11) is -4.26. The van der Waals surface area contributed by atoms with Crippen molar-refractivity contribution in [3.8, 4) is 5.75 Å². The SMILES string of the molecule is CC(C)(C)N(CCOC1CCc2c(cc(O)c(N3CC(=O)NS3(=O)=O)c2F)C1)C(=O)[O-].[NH4+]. The van der Waals surface area contributed by atoms with Gasteiger partial charge in [-0.05, 0) is 57.2 Å². The van der Waals surface area contributed by atoms with Crippen LogP contribution in [0.1, 0.15) is 38.3 Å². The van der Waals surface area contributed by atoms with Crippen LogP contribution in [0.4, 0.5) is 14.9 Å². The number of carbonyl (C=O) groups excluding carboxylic acids is 2. The van der Waals surface area contributed by atoms with Crippen LogP contribution >= 0.6 is 0 Å². The van der Waals surface area contributed by atoms with Gasteiger partial charge in [0.05, 0.1) is 12.7 Å². The van der Waals surface area contributed by atoms with Gasteiger partial charge in [0.25, 0.3) is 5.91 Å². The van der Waals surface area contributed by atoms with Crippen LogP contribution in [0, 0.1) is 5.82 Å². The number of aromatic hydroxyl groups is 1. The molecule has 1 atom stereocenters. The zero-order valence-electron chi connectivity index (χ0n) is 18.5. The second kappa shape index (κ2) is 9.08. The second-order valence-corrected chi connectivity index (χ2v) is 10.2. The van der Waals surface area contributed by atoms with E-state index in [4.69, 9.17) is 4.74 Å². The highest BCUT2D eigenvalue weighted by Crippen LogP contribution is 2.39. The van der Waals surface area contributed by atoms with Gasteiger partial charge in [0.2, 0.25) is 0 Å². The zero-order valence-corrected chi connectivity index (χ0v) is 19.3. The fourth-order valence-corrected chi connectivity index (χ4v) is 5.02. The Morgan fingerprint density at radius 3 is 2.62 bits per heavy atom. The number of phenolic OH excluding ortho intramolecular Hbond substituents is 1. The molecule has 0 aromatic heterocycles. The molecule has 0 radical (unpaired) electrons. The summed E-state index contributed by atoms with van der Waals surface area (Å²) < 4.78 is 47.2. The van der Waals surface area contributed by atoms with E-state index in [2.05, 4.69) is 0 Å². The molecule has 1 aliphatic carbocycles.